The van der Waals surface area contributed by atoms with Crippen molar-refractivity contribution in [3.05, 3.63) is 28.8 Å². The second-order valence-corrected chi connectivity index (χ2v) is 6.61. The smallest absolute Gasteiger partial charge is 0.245 e. The number of ether oxygens (including phenoxy) is 1. The molecule has 4 nitrogen and oxygen atoms in total. The number of carbonyl (C=O) groups is 1. The Hall–Kier alpha value is -1.10. The number of anilines is 1. The summed E-state index contributed by atoms with van der Waals surface area (Å²) < 4.78 is 5.65. The Morgan fingerprint density at radius 2 is 2.19 bits per heavy atom. The third-order valence-electron chi connectivity index (χ3n) is 4.75. The number of amides is 1. The zero-order chi connectivity index (χ0) is 15.8. The van der Waals surface area contributed by atoms with Crippen molar-refractivity contribution in [3.8, 4) is 0 Å². The molecule has 1 aliphatic rings. The Bertz CT molecular complexity index is 559. The van der Waals surface area contributed by atoms with Crippen molar-refractivity contribution in [1.82, 2.24) is 0 Å². The van der Waals surface area contributed by atoms with Crippen LogP contribution in [-0.4, -0.2) is 24.2 Å². The van der Waals surface area contributed by atoms with E-state index < -0.39 is 11.0 Å². The summed E-state index contributed by atoms with van der Waals surface area (Å²) in [4.78, 5) is 12.6. The van der Waals surface area contributed by atoms with Crippen LogP contribution in [0.5, 0.6) is 0 Å². The molecule has 2 unspecified atom stereocenters. The zero-order valence-electron chi connectivity index (χ0n) is 13.0. The van der Waals surface area contributed by atoms with E-state index in [1.54, 1.807) is 6.07 Å². The van der Waals surface area contributed by atoms with Crippen LogP contribution >= 0.6 is 11.6 Å². The van der Waals surface area contributed by atoms with Crippen molar-refractivity contribution < 1.29 is 9.53 Å². The van der Waals surface area contributed by atoms with E-state index in [0.29, 0.717) is 23.7 Å². The van der Waals surface area contributed by atoms with Gasteiger partial charge in [-0.25, -0.2) is 0 Å². The first-order valence-electron chi connectivity index (χ1n) is 7.21. The van der Waals surface area contributed by atoms with Gasteiger partial charge in [-0.2, -0.15) is 0 Å². The van der Waals surface area contributed by atoms with Crippen LogP contribution in [0.4, 0.5) is 5.69 Å². The first kappa shape index (κ1) is 16.3. The Morgan fingerprint density at radius 3 is 2.76 bits per heavy atom. The quantitative estimate of drug-likeness (QED) is 0.898. The molecule has 3 N–H and O–H groups in total. The van der Waals surface area contributed by atoms with E-state index in [4.69, 9.17) is 22.1 Å². The third kappa shape index (κ3) is 2.56. The van der Waals surface area contributed by atoms with E-state index in [-0.39, 0.29) is 12.0 Å². The SMILES string of the molecule is CCOC1CC(N)(C(=O)Nc2cccc(Cl)c2C)C1(C)C. The highest BCUT2D eigenvalue weighted by Gasteiger charge is 2.62. The molecule has 1 amide bonds. The number of carbonyl (C=O) groups excluding carboxylic acids is 1. The van der Waals surface area contributed by atoms with Gasteiger partial charge in [-0.1, -0.05) is 31.5 Å². The predicted octanol–water partition coefficient (Wildman–Crippen LogP) is 3.12. The van der Waals surface area contributed by atoms with E-state index >= 15 is 0 Å². The van der Waals surface area contributed by atoms with Crippen LogP contribution in [0.25, 0.3) is 0 Å². The molecule has 0 saturated heterocycles. The summed E-state index contributed by atoms with van der Waals surface area (Å²) in [5, 5.41) is 3.53. The van der Waals surface area contributed by atoms with E-state index in [1.807, 2.05) is 39.8 Å². The van der Waals surface area contributed by atoms with Gasteiger partial charge in [0.2, 0.25) is 5.91 Å². The number of nitrogens with two attached hydrogens (primary N) is 1. The van der Waals surface area contributed by atoms with Gasteiger partial charge in [-0.3, -0.25) is 4.79 Å². The van der Waals surface area contributed by atoms with Crippen molar-refractivity contribution >= 4 is 23.2 Å². The van der Waals surface area contributed by atoms with Crippen molar-refractivity contribution in [3.63, 3.8) is 0 Å². The predicted molar refractivity (Wildman–Crippen MR) is 85.5 cm³/mol. The largest absolute Gasteiger partial charge is 0.378 e. The second-order valence-electron chi connectivity index (χ2n) is 6.21. The second kappa shape index (κ2) is 5.59. The molecule has 0 spiro atoms. The topological polar surface area (TPSA) is 64.3 Å². The van der Waals surface area contributed by atoms with E-state index in [9.17, 15) is 4.79 Å². The van der Waals surface area contributed by atoms with E-state index in [1.165, 1.54) is 0 Å². The summed E-state index contributed by atoms with van der Waals surface area (Å²) in [5.41, 5.74) is 6.57. The molecule has 0 radical (unpaired) electrons. The third-order valence-corrected chi connectivity index (χ3v) is 5.16. The maximum Gasteiger partial charge on any atom is 0.245 e. The molecule has 0 heterocycles. The standard InChI is InChI=1S/C16H23ClN2O2/c1-5-21-13-9-16(18,15(13,3)4)14(20)19-12-8-6-7-11(17)10(12)2/h6-8,13H,5,9,18H2,1-4H3,(H,19,20). The van der Waals surface area contributed by atoms with Gasteiger partial charge in [0, 0.05) is 29.2 Å². The normalized spacial score (nSPS) is 27.0. The van der Waals surface area contributed by atoms with Crippen LogP contribution in [0.3, 0.4) is 0 Å². The van der Waals surface area contributed by atoms with Gasteiger partial charge in [0.15, 0.2) is 0 Å². The summed E-state index contributed by atoms with van der Waals surface area (Å²) in [6.45, 7) is 8.39. The fourth-order valence-corrected chi connectivity index (χ4v) is 2.97. The number of benzene rings is 1. The molecule has 0 aliphatic heterocycles. The highest BCUT2D eigenvalue weighted by atomic mass is 35.5. The molecule has 0 bridgehead atoms. The summed E-state index contributed by atoms with van der Waals surface area (Å²) in [7, 11) is 0. The zero-order valence-corrected chi connectivity index (χ0v) is 13.8. The number of rotatable bonds is 4. The molecular formula is C16H23ClN2O2. The van der Waals surface area contributed by atoms with Crippen LogP contribution in [0.1, 0.15) is 32.8 Å². The summed E-state index contributed by atoms with van der Waals surface area (Å²) in [6.07, 6.45) is 0.540. The molecule has 1 fully saturated rings. The lowest BCUT2D eigenvalue weighted by Crippen LogP contribution is -2.74. The summed E-state index contributed by atoms with van der Waals surface area (Å²) in [6, 6.07) is 5.43. The molecule has 1 aliphatic carbocycles. The van der Waals surface area contributed by atoms with Crippen molar-refractivity contribution in [1.29, 1.82) is 0 Å². The van der Waals surface area contributed by atoms with Crippen molar-refractivity contribution in [2.24, 2.45) is 11.1 Å². The number of halogens is 1. The van der Waals surface area contributed by atoms with Gasteiger partial charge >= 0.3 is 0 Å². The van der Waals surface area contributed by atoms with Crippen LogP contribution in [-0.2, 0) is 9.53 Å². The minimum atomic E-state index is -0.929. The summed E-state index contributed by atoms with van der Waals surface area (Å²) >= 11 is 6.08. The average Bonchev–Trinajstić information content (AvgIpc) is 2.43. The molecule has 1 aromatic carbocycles. The Balaban J connectivity index is 2.16. The minimum absolute atomic E-state index is 0.0127. The average molecular weight is 311 g/mol. The fraction of sp³-hybridized carbons (Fsp3) is 0.562. The van der Waals surface area contributed by atoms with Crippen LogP contribution in [0, 0.1) is 12.3 Å². The molecule has 5 heteroatoms. The van der Waals surface area contributed by atoms with Gasteiger partial charge in [-0.15, -0.1) is 0 Å². The number of hydrogen-bond acceptors (Lipinski definition) is 3. The van der Waals surface area contributed by atoms with Crippen LogP contribution in [0.2, 0.25) is 5.02 Å². The van der Waals surface area contributed by atoms with E-state index in [2.05, 4.69) is 5.32 Å². The van der Waals surface area contributed by atoms with Gasteiger partial charge in [0.25, 0.3) is 0 Å². The molecule has 1 saturated carbocycles. The maximum absolute atomic E-state index is 12.6. The fourth-order valence-electron chi connectivity index (χ4n) is 2.80. The van der Waals surface area contributed by atoms with Crippen molar-refractivity contribution in [2.45, 2.75) is 45.8 Å². The maximum atomic E-state index is 12.6. The van der Waals surface area contributed by atoms with Gasteiger partial charge in [-0.05, 0) is 31.5 Å². The molecule has 2 rings (SSSR count). The Labute approximate surface area is 131 Å². The molecule has 1 aromatic rings. The molecular weight excluding hydrogens is 288 g/mol. The first-order chi connectivity index (χ1) is 9.74. The highest BCUT2D eigenvalue weighted by Crippen LogP contribution is 2.50. The monoisotopic (exact) mass is 310 g/mol. The lowest BCUT2D eigenvalue weighted by Gasteiger charge is -2.57. The molecule has 116 valence electrons. The molecule has 2 atom stereocenters. The first-order valence-corrected chi connectivity index (χ1v) is 7.59. The minimum Gasteiger partial charge on any atom is -0.378 e. The van der Waals surface area contributed by atoms with Gasteiger partial charge in [0.1, 0.15) is 5.54 Å². The van der Waals surface area contributed by atoms with Gasteiger partial charge in [0.05, 0.1) is 6.10 Å². The highest BCUT2D eigenvalue weighted by molar-refractivity contribution is 6.31. The molecule has 0 aromatic heterocycles. The van der Waals surface area contributed by atoms with E-state index in [0.717, 1.165) is 5.56 Å². The van der Waals surface area contributed by atoms with Gasteiger partial charge < -0.3 is 15.8 Å². The molecule has 21 heavy (non-hydrogen) atoms. The lowest BCUT2D eigenvalue weighted by atomic mass is 9.54. The Morgan fingerprint density at radius 1 is 1.52 bits per heavy atom. The Kier molecular flexibility index (Phi) is 4.34. The van der Waals surface area contributed by atoms with Crippen LogP contribution in [0.15, 0.2) is 18.2 Å². The number of hydrogen-bond donors (Lipinski definition) is 2. The lowest BCUT2D eigenvalue weighted by molar-refractivity contribution is -0.166. The summed E-state index contributed by atoms with van der Waals surface area (Å²) in [5.74, 6) is -0.186. The number of nitrogens with one attached hydrogen (secondary N) is 1. The van der Waals surface area contributed by atoms with Crippen LogP contribution < -0.4 is 11.1 Å². The van der Waals surface area contributed by atoms with Crippen molar-refractivity contribution in [2.75, 3.05) is 11.9 Å².